The summed E-state index contributed by atoms with van der Waals surface area (Å²) in [6.45, 7) is 0. The number of halogens is 1. The number of ether oxygens (including phenoxy) is 2. The van der Waals surface area contributed by atoms with E-state index in [9.17, 15) is 5.11 Å². The van der Waals surface area contributed by atoms with Crippen molar-refractivity contribution in [1.29, 1.82) is 0 Å². The van der Waals surface area contributed by atoms with Gasteiger partial charge in [0.1, 0.15) is 5.75 Å². The fourth-order valence-corrected chi connectivity index (χ4v) is 3.70. The summed E-state index contributed by atoms with van der Waals surface area (Å²) in [6.07, 6.45) is 4.24. The Kier molecular flexibility index (Phi) is 3.83. The van der Waals surface area contributed by atoms with Gasteiger partial charge < -0.3 is 14.6 Å². The van der Waals surface area contributed by atoms with Gasteiger partial charge in [-0.3, -0.25) is 0 Å². The van der Waals surface area contributed by atoms with Gasteiger partial charge in [-0.2, -0.15) is 0 Å². The second kappa shape index (κ2) is 5.43. The van der Waals surface area contributed by atoms with Crippen molar-refractivity contribution in [2.45, 2.75) is 44.0 Å². The first-order chi connectivity index (χ1) is 9.17. The van der Waals surface area contributed by atoms with E-state index in [2.05, 4.69) is 15.9 Å². The maximum Gasteiger partial charge on any atom is 0.119 e. The molecule has 3 rings (SSSR count). The number of hydrogen-bond donors (Lipinski definition) is 1. The Labute approximate surface area is 122 Å². The highest BCUT2D eigenvalue weighted by Crippen LogP contribution is 2.41. The highest BCUT2D eigenvalue weighted by molar-refractivity contribution is 9.10. The third-order valence-electron chi connectivity index (χ3n) is 4.33. The van der Waals surface area contributed by atoms with Crippen LogP contribution in [-0.4, -0.2) is 30.5 Å². The van der Waals surface area contributed by atoms with Crippen molar-refractivity contribution in [3.8, 4) is 5.75 Å². The summed E-state index contributed by atoms with van der Waals surface area (Å²) in [5.41, 5.74) is 1.09. The van der Waals surface area contributed by atoms with E-state index in [0.29, 0.717) is 12.5 Å². The van der Waals surface area contributed by atoms with E-state index in [1.54, 1.807) is 7.11 Å². The first kappa shape index (κ1) is 13.4. The molecule has 2 aliphatic heterocycles. The third-order valence-corrected chi connectivity index (χ3v) is 5.10. The second-order valence-corrected chi connectivity index (χ2v) is 6.36. The first-order valence-corrected chi connectivity index (χ1v) is 7.62. The predicted molar refractivity (Wildman–Crippen MR) is 76.4 cm³/mol. The zero-order chi connectivity index (χ0) is 13.4. The predicted octanol–water partition coefficient (Wildman–Crippen LogP) is 2.93. The Balaban J connectivity index is 1.70. The Morgan fingerprint density at radius 2 is 2.32 bits per heavy atom. The molecule has 2 fully saturated rings. The first-order valence-electron chi connectivity index (χ1n) is 6.83. The van der Waals surface area contributed by atoms with Crippen LogP contribution < -0.4 is 4.74 Å². The number of aliphatic hydroxyl groups excluding tert-OH is 1. The molecule has 2 saturated heterocycles. The van der Waals surface area contributed by atoms with Crippen LogP contribution in [0.15, 0.2) is 22.7 Å². The number of hydrogen-bond acceptors (Lipinski definition) is 3. The fraction of sp³-hybridized carbons (Fsp3) is 0.600. The van der Waals surface area contributed by atoms with E-state index < -0.39 is 0 Å². The Morgan fingerprint density at radius 3 is 2.95 bits per heavy atom. The molecule has 4 unspecified atom stereocenters. The minimum atomic E-state index is -0.335. The van der Waals surface area contributed by atoms with Crippen LogP contribution in [0.2, 0.25) is 0 Å². The molecule has 0 spiro atoms. The van der Waals surface area contributed by atoms with Crippen molar-refractivity contribution in [2.24, 2.45) is 5.92 Å². The van der Waals surface area contributed by atoms with Crippen molar-refractivity contribution in [3.63, 3.8) is 0 Å². The lowest BCUT2D eigenvalue weighted by molar-refractivity contribution is 0.0431. The Bertz CT molecular complexity index is 463. The molecule has 2 aliphatic rings. The second-order valence-electron chi connectivity index (χ2n) is 5.50. The molecule has 0 aliphatic carbocycles. The standard InChI is InChI=1S/C15H19BrO3/c1-18-10-2-4-13(16)9(6-10)7-14(17)12-8-11-3-5-15(12)19-11/h2,4,6,11-12,14-15,17H,3,5,7-8H2,1H3. The number of fused-ring (bicyclic) bond motifs is 2. The molecule has 1 N–H and O–H groups in total. The van der Waals surface area contributed by atoms with Crippen molar-refractivity contribution < 1.29 is 14.6 Å². The molecule has 0 saturated carbocycles. The van der Waals surface area contributed by atoms with E-state index >= 15 is 0 Å². The molecule has 4 atom stereocenters. The molecule has 0 radical (unpaired) electrons. The van der Waals surface area contributed by atoms with Gasteiger partial charge in [-0.05, 0) is 49.4 Å². The van der Waals surface area contributed by atoms with Gasteiger partial charge in [-0.25, -0.2) is 0 Å². The molecule has 2 heterocycles. The van der Waals surface area contributed by atoms with Gasteiger partial charge in [0.05, 0.1) is 25.4 Å². The smallest absolute Gasteiger partial charge is 0.119 e. The van der Waals surface area contributed by atoms with Gasteiger partial charge in [0.15, 0.2) is 0 Å². The highest BCUT2D eigenvalue weighted by Gasteiger charge is 2.43. The Morgan fingerprint density at radius 1 is 1.47 bits per heavy atom. The third kappa shape index (κ3) is 2.67. The molecule has 3 nitrogen and oxygen atoms in total. The minimum Gasteiger partial charge on any atom is -0.497 e. The van der Waals surface area contributed by atoms with Crippen molar-refractivity contribution >= 4 is 15.9 Å². The van der Waals surface area contributed by atoms with Crippen LogP contribution >= 0.6 is 15.9 Å². The fourth-order valence-electron chi connectivity index (χ4n) is 3.29. The number of rotatable bonds is 4. The zero-order valence-corrected chi connectivity index (χ0v) is 12.6. The average Bonchev–Trinajstić information content (AvgIpc) is 3.03. The SMILES string of the molecule is COc1ccc(Br)c(CC(O)C2CC3CCC2O3)c1. The van der Waals surface area contributed by atoms with Gasteiger partial charge in [0.25, 0.3) is 0 Å². The topological polar surface area (TPSA) is 38.7 Å². The van der Waals surface area contributed by atoms with E-state index in [4.69, 9.17) is 9.47 Å². The summed E-state index contributed by atoms with van der Waals surface area (Å²) in [5, 5.41) is 10.5. The molecular formula is C15H19BrO3. The van der Waals surface area contributed by atoms with Gasteiger partial charge in [0, 0.05) is 10.4 Å². The van der Waals surface area contributed by atoms with Crippen LogP contribution in [0.5, 0.6) is 5.75 Å². The lowest BCUT2D eigenvalue weighted by atomic mass is 9.83. The monoisotopic (exact) mass is 326 g/mol. The summed E-state index contributed by atoms with van der Waals surface area (Å²) in [5.74, 6) is 1.12. The number of methoxy groups -OCH3 is 1. The molecule has 19 heavy (non-hydrogen) atoms. The summed E-state index contributed by atoms with van der Waals surface area (Å²) in [6, 6.07) is 5.88. The lowest BCUT2D eigenvalue weighted by Gasteiger charge is -2.24. The van der Waals surface area contributed by atoms with Gasteiger partial charge in [-0.15, -0.1) is 0 Å². The normalized spacial score (nSPS) is 30.6. The maximum atomic E-state index is 10.5. The van der Waals surface area contributed by atoms with Crippen molar-refractivity contribution in [3.05, 3.63) is 28.2 Å². The highest BCUT2D eigenvalue weighted by atomic mass is 79.9. The quantitative estimate of drug-likeness (QED) is 0.924. The largest absolute Gasteiger partial charge is 0.497 e. The number of benzene rings is 1. The van der Waals surface area contributed by atoms with Crippen LogP contribution in [0.1, 0.15) is 24.8 Å². The van der Waals surface area contributed by atoms with Gasteiger partial charge in [-0.1, -0.05) is 15.9 Å². The summed E-state index contributed by atoms with van der Waals surface area (Å²) < 4.78 is 12.1. The maximum absolute atomic E-state index is 10.5. The van der Waals surface area contributed by atoms with Crippen molar-refractivity contribution in [2.75, 3.05) is 7.11 Å². The molecule has 104 valence electrons. The van der Waals surface area contributed by atoms with Crippen LogP contribution in [0.25, 0.3) is 0 Å². The zero-order valence-electron chi connectivity index (χ0n) is 11.0. The lowest BCUT2D eigenvalue weighted by Crippen LogP contribution is -2.31. The van der Waals surface area contributed by atoms with Crippen LogP contribution in [-0.2, 0) is 11.2 Å². The van der Waals surface area contributed by atoms with Gasteiger partial charge >= 0.3 is 0 Å². The van der Waals surface area contributed by atoms with E-state index in [-0.39, 0.29) is 18.1 Å². The van der Waals surface area contributed by atoms with Crippen LogP contribution in [0, 0.1) is 5.92 Å². The summed E-state index contributed by atoms with van der Waals surface area (Å²) >= 11 is 3.54. The van der Waals surface area contributed by atoms with E-state index in [0.717, 1.165) is 35.0 Å². The Hall–Kier alpha value is -0.580. The molecule has 1 aromatic rings. The molecule has 0 aromatic heterocycles. The molecular weight excluding hydrogens is 308 g/mol. The van der Waals surface area contributed by atoms with Crippen molar-refractivity contribution in [1.82, 2.24) is 0 Å². The molecule has 1 aromatic carbocycles. The van der Waals surface area contributed by atoms with E-state index in [1.165, 1.54) is 0 Å². The molecule has 2 bridgehead atoms. The average molecular weight is 327 g/mol. The summed E-state index contributed by atoms with van der Waals surface area (Å²) in [4.78, 5) is 0. The van der Waals surface area contributed by atoms with Crippen LogP contribution in [0.3, 0.4) is 0 Å². The number of aliphatic hydroxyl groups is 1. The molecule has 4 heteroatoms. The molecule has 0 amide bonds. The van der Waals surface area contributed by atoms with E-state index in [1.807, 2.05) is 18.2 Å². The minimum absolute atomic E-state index is 0.268. The van der Waals surface area contributed by atoms with Crippen LogP contribution in [0.4, 0.5) is 0 Å². The summed E-state index contributed by atoms with van der Waals surface area (Å²) in [7, 11) is 1.66. The van der Waals surface area contributed by atoms with Gasteiger partial charge in [0.2, 0.25) is 0 Å².